The van der Waals surface area contributed by atoms with Crippen molar-refractivity contribution in [2.24, 2.45) is 5.92 Å². The Morgan fingerprint density at radius 3 is 2.41 bits per heavy atom. The smallest absolute Gasteiger partial charge is 0.247 e. The maximum Gasteiger partial charge on any atom is 0.247 e. The summed E-state index contributed by atoms with van der Waals surface area (Å²) in [6, 6.07) is 6.98. The quantitative estimate of drug-likeness (QED) is 0.289. The average Bonchev–Trinajstić information content (AvgIpc) is 3.03. The van der Waals surface area contributed by atoms with E-state index in [1.54, 1.807) is 29.2 Å². The number of para-hydroxylation sites is 1. The highest BCUT2D eigenvalue weighted by atomic mass is 32.2. The molecule has 11 heteroatoms. The summed E-state index contributed by atoms with van der Waals surface area (Å²) in [6.45, 7) is 4.81. The summed E-state index contributed by atoms with van der Waals surface area (Å²) < 4.78 is 22.5. The highest BCUT2D eigenvalue weighted by Gasteiger charge is 2.47. The van der Waals surface area contributed by atoms with E-state index in [1.165, 1.54) is 6.26 Å². The topological polar surface area (TPSA) is 136 Å². The van der Waals surface area contributed by atoms with Crippen molar-refractivity contribution in [2.45, 2.75) is 69.8 Å². The van der Waals surface area contributed by atoms with Gasteiger partial charge in [0.15, 0.2) is 11.7 Å². The zero-order valence-electron chi connectivity index (χ0n) is 21.7. The number of rotatable bonds is 10. The first-order valence-corrected chi connectivity index (χ1v) is 15.1. The minimum atomic E-state index is -3.04. The van der Waals surface area contributed by atoms with Crippen molar-refractivity contribution in [2.75, 3.05) is 36.5 Å². The third kappa shape index (κ3) is 6.22. The van der Waals surface area contributed by atoms with Crippen LogP contribution in [-0.2, 0) is 19.4 Å². The summed E-state index contributed by atoms with van der Waals surface area (Å²) >= 11 is 0. The molecule has 1 aromatic rings. The Morgan fingerprint density at radius 1 is 1.14 bits per heavy atom. The zero-order chi connectivity index (χ0) is 26.9. The number of anilines is 1. The predicted octanol–water partition coefficient (Wildman–Crippen LogP) is 0.347. The van der Waals surface area contributed by atoms with Crippen LogP contribution in [0.2, 0.25) is 0 Å². The molecule has 3 N–H and O–H groups in total. The Kier molecular flexibility index (Phi) is 8.37. The Balaban J connectivity index is 1.34. The molecule has 0 aliphatic carbocycles. The van der Waals surface area contributed by atoms with Crippen molar-refractivity contribution < 1.29 is 27.9 Å². The standard InChI is InChI=1S/C26H38N4O6S/c1-16(2)30-22-7-5-4-6-21(22)24(32)23(26(30)34)25(33)28-17-12-18-8-9-19(13-17)29(18)15-20(31)14-27-10-11-37(3,35)36/h4-7,16-20,23,27,31H,8-15H2,1-3H3,(H,28,33)/t17?,18-,19+,20?,23?. The van der Waals surface area contributed by atoms with Crippen molar-refractivity contribution in [1.82, 2.24) is 15.5 Å². The molecule has 0 aromatic heterocycles. The lowest BCUT2D eigenvalue weighted by atomic mass is 9.88. The van der Waals surface area contributed by atoms with E-state index in [0.29, 0.717) is 43.7 Å². The molecule has 3 aliphatic heterocycles. The van der Waals surface area contributed by atoms with Crippen LogP contribution < -0.4 is 15.5 Å². The van der Waals surface area contributed by atoms with E-state index in [9.17, 15) is 27.9 Å². The number of benzene rings is 1. The number of aliphatic hydroxyl groups is 1. The minimum absolute atomic E-state index is 0.0303. The Morgan fingerprint density at radius 2 is 1.78 bits per heavy atom. The average molecular weight is 535 g/mol. The molecule has 3 unspecified atom stereocenters. The van der Waals surface area contributed by atoms with Gasteiger partial charge in [0.25, 0.3) is 0 Å². The van der Waals surface area contributed by atoms with E-state index in [-0.39, 0.29) is 29.9 Å². The lowest BCUT2D eigenvalue weighted by Gasteiger charge is -2.41. The van der Waals surface area contributed by atoms with Gasteiger partial charge in [0.05, 0.1) is 17.5 Å². The van der Waals surface area contributed by atoms with E-state index < -0.39 is 39.5 Å². The van der Waals surface area contributed by atoms with Gasteiger partial charge in [-0.05, 0) is 51.7 Å². The highest BCUT2D eigenvalue weighted by Crippen LogP contribution is 2.37. The predicted molar refractivity (Wildman–Crippen MR) is 140 cm³/mol. The van der Waals surface area contributed by atoms with Crippen LogP contribution in [0.15, 0.2) is 24.3 Å². The highest BCUT2D eigenvalue weighted by molar-refractivity contribution is 7.90. The molecule has 4 rings (SSSR count). The number of sulfone groups is 1. The molecular formula is C26H38N4O6S. The van der Waals surface area contributed by atoms with Crippen LogP contribution in [0.1, 0.15) is 49.9 Å². The molecule has 0 saturated carbocycles. The van der Waals surface area contributed by atoms with E-state index in [4.69, 9.17) is 0 Å². The number of aliphatic hydroxyl groups excluding tert-OH is 1. The van der Waals surface area contributed by atoms with E-state index >= 15 is 0 Å². The molecule has 0 radical (unpaired) electrons. The summed E-state index contributed by atoms with van der Waals surface area (Å²) in [4.78, 5) is 43.6. The van der Waals surface area contributed by atoms with Gasteiger partial charge in [0.1, 0.15) is 9.84 Å². The molecular weight excluding hydrogens is 496 g/mol. The third-order valence-electron chi connectivity index (χ3n) is 7.64. The first kappa shape index (κ1) is 27.7. The van der Waals surface area contributed by atoms with E-state index in [1.807, 2.05) is 13.8 Å². The molecule has 3 heterocycles. The summed E-state index contributed by atoms with van der Waals surface area (Å²) in [5, 5.41) is 16.5. The summed E-state index contributed by atoms with van der Waals surface area (Å²) in [6.07, 6.45) is 3.85. The lowest BCUT2D eigenvalue weighted by Crippen LogP contribution is -2.57. The van der Waals surface area contributed by atoms with Crippen LogP contribution in [-0.4, -0.2) is 97.9 Å². The second kappa shape index (κ2) is 11.2. The normalized spacial score (nSPS) is 26.9. The summed E-state index contributed by atoms with van der Waals surface area (Å²) in [5.41, 5.74) is 0.942. The number of nitrogens with zero attached hydrogens (tertiary/aromatic N) is 2. The van der Waals surface area contributed by atoms with Crippen LogP contribution in [0.5, 0.6) is 0 Å². The van der Waals surface area contributed by atoms with Gasteiger partial charge in [-0.1, -0.05) is 12.1 Å². The summed E-state index contributed by atoms with van der Waals surface area (Å²) in [5.74, 6) is -2.83. The number of hydrogen-bond acceptors (Lipinski definition) is 8. The van der Waals surface area contributed by atoms with Gasteiger partial charge in [0, 0.05) is 55.6 Å². The van der Waals surface area contributed by atoms with E-state index in [2.05, 4.69) is 15.5 Å². The molecule has 204 valence electrons. The third-order valence-corrected chi connectivity index (χ3v) is 8.58. The SMILES string of the molecule is CC(C)N1C(=O)C(C(=O)NC2C[C@H]3CC[C@@H](C2)N3CC(O)CNCCS(C)(=O)=O)C(=O)c2ccccc21. The fourth-order valence-corrected chi connectivity index (χ4v) is 6.51. The second-order valence-electron chi connectivity index (χ2n) is 10.9. The Hall–Kier alpha value is -2.34. The number of piperidine rings is 1. The molecule has 10 nitrogen and oxygen atoms in total. The number of carbonyl (C=O) groups is 3. The molecule has 3 aliphatic rings. The first-order valence-electron chi connectivity index (χ1n) is 13.0. The Bertz CT molecular complexity index is 1130. The number of fused-ring (bicyclic) bond motifs is 3. The molecule has 2 saturated heterocycles. The number of ketones is 1. The number of hydrogen-bond donors (Lipinski definition) is 3. The molecule has 0 spiro atoms. The Labute approximate surface area is 218 Å². The number of Topliss-reactive ketones (excluding diaryl/α,β-unsaturated/α-hetero) is 1. The molecule has 2 bridgehead atoms. The first-order chi connectivity index (χ1) is 17.5. The van der Waals surface area contributed by atoms with Gasteiger partial charge in [-0.25, -0.2) is 8.42 Å². The maximum absolute atomic E-state index is 13.3. The van der Waals surface area contributed by atoms with Gasteiger partial charge in [0.2, 0.25) is 11.8 Å². The van der Waals surface area contributed by atoms with Crippen LogP contribution in [0.4, 0.5) is 5.69 Å². The van der Waals surface area contributed by atoms with Crippen LogP contribution >= 0.6 is 0 Å². The van der Waals surface area contributed by atoms with E-state index in [0.717, 1.165) is 12.8 Å². The van der Waals surface area contributed by atoms with Gasteiger partial charge in [-0.3, -0.25) is 19.3 Å². The van der Waals surface area contributed by atoms with Crippen LogP contribution in [0.25, 0.3) is 0 Å². The van der Waals surface area contributed by atoms with Gasteiger partial charge < -0.3 is 20.6 Å². The lowest BCUT2D eigenvalue weighted by molar-refractivity contribution is -0.132. The van der Waals surface area contributed by atoms with Crippen molar-refractivity contribution in [3.05, 3.63) is 29.8 Å². The van der Waals surface area contributed by atoms with Crippen molar-refractivity contribution in [1.29, 1.82) is 0 Å². The van der Waals surface area contributed by atoms with Crippen molar-refractivity contribution in [3.8, 4) is 0 Å². The molecule has 1 aromatic carbocycles. The number of nitrogens with one attached hydrogen (secondary N) is 2. The van der Waals surface area contributed by atoms with Crippen molar-refractivity contribution >= 4 is 33.1 Å². The minimum Gasteiger partial charge on any atom is -0.390 e. The molecule has 2 amide bonds. The molecule has 2 fully saturated rings. The monoisotopic (exact) mass is 534 g/mol. The van der Waals surface area contributed by atoms with Crippen molar-refractivity contribution in [3.63, 3.8) is 0 Å². The summed E-state index contributed by atoms with van der Waals surface area (Å²) in [7, 11) is -3.04. The zero-order valence-corrected chi connectivity index (χ0v) is 22.5. The fourth-order valence-electron chi connectivity index (χ4n) is 5.99. The number of amides is 2. The molecule has 5 atom stereocenters. The molecule has 37 heavy (non-hydrogen) atoms. The van der Waals surface area contributed by atoms with Gasteiger partial charge >= 0.3 is 0 Å². The van der Waals surface area contributed by atoms with Gasteiger partial charge in [-0.15, -0.1) is 0 Å². The fraction of sp³-hybridized carbons (Fsp3) is 0.654. The number of carbonyl (C=O) groups excluding carboxylic acids is 3. The van der Waals surface area contributed by atoms with Crippen LogP contribution in [0, 0.1) is 5.92 Å². The van der Waals surface area contributed by atoms with Gasteiger partial charge in [-0.2, -0.15) is 0 Å². The largest absolute Gasteiger partial charge is 0.390 e. The second-order valence-corrected chi connectivity index (χ2v) is 13.1. The maximum atomic E-state index is 13.3. The van der Waals surface area contributed by atoms with Crippen LogP contribution in [0.3, 0.4) is 0 Å².